The van der Waals surface area contributed by atoms with Crippen LogP contribution < -0.4 is 0 Å². The van der Waals surface area contributed by atoms with Crippen molar-refractivity contribution >= 4 is 28.4 Å². The molecule has 2 heterocycles. The summed E-state index contributed by atoms with van der Waals surface area (Å²) in [5.41, 5.74) is 1.22. The molecule has 0 aliphatic carbocycles. The van der Waals surface area contributed by atoms with Gasteiger partial charge in [-0.2, -0.15) is 0 Å². The van der Waals surface area contributed by atoms with E-state index >= 15 is 0 Å². The predicted octanol–water partition coefficient (Wildman–Crippen LogP) is 3.76. The molecule has 0 N–H and O–H groups in total. The molecule has 4 heteroatoms. The number of likely N-dealkylation sites (tertiary alicyclic amines) is 1. The van der Waals surface area contributed by atoms with Gasteiger partial charge in [-0.15, -0.1) is 0 Å². The minimum Gasteiger partial charge on any atom is -0.337 e. The highest BCUT2D eigenvalue weighted by atomic mass is 35.5. The van der Waals surface area contributed by atoms with E-state index in [9.17, 15) is 4.79 Å². The Kier molecular flexibility index (Phi) is 3.62. The molecule has 1 aromatic carbocycles. The maximum absolute atomic E-state index is 12.5. The first-order chi connectivity index (χ1) is 9.69. The van der Waals surface area contributed by atoms with Crippen LogP contribution >= 0.6 is 11.6 Å². The Balaban J connectivity index is 1.92. The molecule has 1 aliphatic heterocycles. The molecule has 1 fully saturated rings. The molecule has 1 saturated heterocycles. The lowest BCUT2D eigenvalue weighted by molar-refractivity contribution is 0.0781. The van der Waals surface area contributed by atoms with Crippen LogP contribution in [-0.4, -0.2) is 28.9 Å². The Morgan fingerprint density at radius 3 is 3.00 bits per heavy atom. The number of aromatic nitrogens is 1. The summed E-state index contributed by atoms with van der Waals surface area (Å²) >= 11 is 6.26. The van der Waals surface area contributed by atoms with E-state index in [1.165, 1.54) is 0 Å². The lowest BCUT2D eigenvalue weighted by Gasteiger charge is -2.16. The SMILES string of the molecule is CCC1CCN(C(=O)c2cc(Cl)c3ccccc3n2)C1. The molecule has 0 saturated carbocycles. The van der Waals surface area contributed by atoms with Crippen LogP contribution in [0.15, 0.2) is 30.3 Å². The van der Waals surface area contributed by atoms with E-state index in [4.69, 9.17) is 11.6 Å². The van der Waals surface area contributed by atoms with E-state index < -0.39 is 0 Å². The van der Waals surface area contributed by atoms with Gasteiger partial charge < -0.3 is 4.90 Å². The molecule has 20 heavy (non-hydrogen) atoms. The second kappa shape index (κ2) is 5.41. The predicted molar refractivity (Wildman–Crippen MR) is 81.1 cm³/mol. The van der Waals surface area contributed by atoms with Gasteiger partial charge in [0.05, 0.1) is 10.5 Å². The third-order valence-electron chi connectivity index (χ3n) is 4.04. The fourth-order valence-corrected chi connectivity index (χ4v) is 3.02. The fraction of sp³-hybridized carbons (Fsp3) is 0.375. The Labute approximate surface area is 123 Å². The molecule has 3 nitrogen and oxygen atoms in total. The van der Waals surface area contributed by atoms with Crippen molar-refractivity contribution in [3.8, 4) is 0 Å². The van der Waals surface area contributed by atoms with E-state index in [0.717, 1.165) is 36.8 Å². The summed E-state index contributed by atoms with van der Waals surface area (Å²) in [5.74, 6) is 0.614. The van der Waals surface area contributed by atoms with Crippen molar-refractivity contribution in [3.05, 3.63) is 41.0 Å². The van der Waals surface area contributed by atoms with E-state index in [1.807, 2.05) is 29.2 Å². The van der Waals surface area contributed by atoms with Crippen molar-refractivity contribution < 1.29 is 4.79 Å². The maximum atomic E-state index is 12.5. The minimum atomic E-state index is -0.00592. The summed E-state index contributed by atoms with van der Waals surface area (Å²) in [5, 5.41) is 1.48. The number of hydrogen-bond acceptors (Lipinski definition) is 2. The van der Waals surface area contributed by atoms with Gasteiger partial charge in [-0.05, 0) is 24.5 Å². The average molecular weight is 289 g/mol. The second-order valence-corrected chi connectivity index (χ2v) is 5.73. The van der Waals surface area contributed by atoms with Crippen molar-refractivity contribution in [3.63, 3.8) is 0 Å². The van der Waals surface area contributed by atoms with Gasteiger partial charge in [0.15, 0.2) is 0 Å². The lowest BCUT2D eigenvalue weighted by atomic mass is 10.1. The maximum Gasteiger partial charge on any atom is 0.272 e. The minimum absolute atomic E-state index is 0.00592. The van der Waals surface area contributed by atoms with Crippen LogP contribution in [0.1, 0.15) is 30.3 Å². The number of para-hydroxylation sites is 1. The third-order valence-corrected chi connectivity index (χ3v) is 4.35. The average Bonchev–Trinajstić information content (AvgIpc) is 2.95. The monoisotopic (exact) mass is 288 g/mol. The molecule has 1 unspecified atom stereocenters. The molecule has 0 spiro atoms. The molecule has 104 valence electrons. The van der Waals surface area contributed by atoms with Crippen LogP contribution in [0.2, 0.25) is 5.02 Å². The third kappa shape index (κ3) is 2.38. The van der Waals surface area contributed by atoms with Gasteiger partial charge in [0.1, 0.15) is 5.69 Å². The number of carbonyl (C=O) groups is 1. The smallest absolute Gasteiger partial charge is 0.272 e. The quantitative estimate of drug-likeness (QED) is 0.843. The topological polar surface area (TPSA) is 33.2 Å². The Bertz CT molecular complexity index is 656. The van der Waals surface area contributed by atoms with E-state index in [2.05, 4.69) is 11.9 Å². The fourth-order valence-electron chi connectivity index (χ4n) is 2.75. The van der Waals surface area contributed by atoms with Crippen molar-refractivity contribution in [2.45, 2.75) is 19.8 Å². The van der Waals surface area contributed by atoms with Gasteiger partial charge >= 0.3 is 0 Å². The number of carbonyl (C=O) groups excluding carboxylic acids is 1. The molecule has 1 atom stereocenters. The van der Waals surface area contributed by atoms with Crippen LogP contribution in [0.4, 0.5) is 0 Å². The summed E-state index contributed by atoms with van der Waals surface area (Å²) in [6.45, 7) is 3.83. The van der Waals surface area contributed by atoms with E-state index in [-0.39, 0.29) is 5.91 Å². The molecule has 1 amide bonds. The molecule has 1 aromatic heterocycles. The number of hydrogen-bond donors (Lipinski definition) is 0. The molecule has 2 aromatic rings. The molecule has 0 bridgehead atoms. The summed E-state index contributed by atoms with van der Waals surface area (Å²) in [7, 11) is 0. The Hall–Kier alpha value is -1.61. The number of nitrogens with zero attached hydrogens (tertiary/aromatic N) is 2. The summed E-state index contributed by atoms with van der Waals surface area (Å²) < 4.78 is 0. The Morgan fingerprint density at radius 2 is 2.25 bits per heavy atom. The highest BCUT2D eigenvalue weighted by molar-refractivity contribution is 6.35. The van der Waals surface area contributed by atoms with Crippen LogP contribution in [0.25, 0.3) is 10.9 Å². The van der Waals surface area contributed by atoms with E-state index in [0.29, 0.717) is 16.6 Å². The van der Waals surface area contributed by atoms with Crippen molar-refractivity contribution in [1.82, 2.24) is 9.88 Å². The van der Waals surface area contributed by atoms with Crippen LogP contribution in [0.3, 0.4) is 0 Å². The molecular formula is C16H17ClN2O. The first-order valence-electron chi connectivity index (χ1n) is 7.03. The summed E-state index contributed by atoms with van der Waals surface area (Å²) in [6.07, 6.45) is 2.21. The van der Waals surface area contributed by atoms with Crippen molar-refractivity contribution in [2.75, 3.05) is 13.1 Å². The summed E-state index contributed by atoms with van der Waals surface area (Å²) in [6, 6.07) is 9.32. The standard InChI is InChI=1S/C16H17ClN2O/c1-2-11-7-8-19(10-11)16(20)15-9-13(17)12-5-3-4-6-14(12)18-15/h3-6,9,11H,2,7-8,10H2,1H3. The normalized spacial score (nSPS) is 18.7. The molecular weight excluding hydrogens is 272 g/mol. The molecule has 3 rings (SSSR count). The lowest BCUT2D eigenvalue weighted by Crippen LogP contribution is -2.29. The van der Waals surface area contributed by atoms with Gasteiger partial charge in [0, 0.05) is 18.5 Å². The largest absolute Gasteiger partial charge is 0.337 e. The first kappa shape index (κ1) is 13.4. The van der Waals surface area contributed by atoms with Crippen molar-refractivity contribution in [1.29, 1.82) is 0 Å². The highest BCUT2D eigenvalue weighted by Crippen LogP contribution is 2.25. The zero-order chi connectivity index (χ0) is 14.1. The number of pyridine rings is 1. The van der Waals surface area contributed by atoms with Gasteiger partial charge in [0.25, 0.3) is 5.91 Å². The number of halogens is 1. The summed E-state index contributed by atoms with van der Waals surface area (Å²) in [4.78, 5) is 18.9. The first-order valence-corrected chi connectivity index (χ1v) is 7.41. The highest BCUT2D eigenvalue weighted by Gasteiger charge is 2.26. The number of benzene rings is 1. The van der Waals surface area contributed by atoms with Gasteiger partial charge in [0.2, 0.25) is 0 Å². The van der Waals surface area contributed by atoms with Gasteiger partial charge in [-0.1, -0.05) is 43.1 Å². The second-order valence-electron chi connectivity index (χ2n) is 5.32. The number of fused-ring (bicyclic) bond motifs is 1. The number of rotatable bonds is 2. The zero-order valence-corrected chi connectivity index (χ0v) is 12.2. The van der Waals surface area contributed by atoms with Crippen molar-refractivity contribution in [2.24, 2.45) is 5.92 Å². The Morgan fingerprint density at radius 1 is 1.45 bits per heavy atom. The van der Waals surface area contributed by atoms with Gasteiger partial charge in [-0.25, -0.2) is 4.98 Å². The molecule has 1 aliphatic rings. The van der Waals surface area contributed by atoms with Crippen LogP contribution in [0, 0.1) is 5.92 Å². The van der Waals surface area contributed by atoms with Gasteiger partial charge in [-0.3, -0.25) is 4.79 Å². The zero-order valence-electron chi connectivity index (χ0n) is 11.5. The number of amides is 1. The van der Waals surface area contributed by atoms with Crippen LogP contribution in [-0.2, 0) is 0 Å². The molecule has 0 radical (unpaired) electrons. The van der Waals surface area contributed by atoms with Crippen LogP contribution in [0.5, 0.6) is 0 Å². The van der Waals surface area contributed by atoms with E-state index in [1.54, 1.807) is 6.07 Å².